The summed E-state index contributed by atoms with van der Waals surface area (Å²) >= 11 is 5.84. The molecule has 0 N–H and O–H groups in total. The van der Waals surface area contributed by atoms with Gasteiger partial charge in [0.15, 0.2) is 0 Å². The Morgan fingerprint density at radius 3 is 2.83 bits per heavy atom. The normalized spacial score (nSPS) is 9.08. The molecule has 0 aliphatic carbocycles. The van der Waals surface area contributed by atoms with Gasteiger partial charge in [0.05, 0.1) is 12.1 Å². The van der Waals surface area contributed by atoms with Gasteiger partial charge >= 0.3 is 0 Å². The Balaban J connectivity index is 2.95. The van der Waals surface area contributed by atoms with Crippen LogP contribution in [0.5, 0.6) is 5.75 Å². The minimum absolute atomic E-state index is 0.365. The molecule has 1 aromatic carbocycles. The topological polar surface area (TPSA) is 13.6 Å². The van der Waals surface area contributed by atoms with Crippen LogP contribution in [0.2, 0.25) is 5.02 Å². The molecule has 0 unspecified atom stereocenters. The number of benzene rings is 1. The molecule has 0 heterocycles. The number of hydrogen-bond acceptors (Lipinski definition) is 1. The summed E-state index contributed by atoms with van der Waals surface area (Å²) in [5.74, 6) is 0.644. The van der Waals surface area contributed by atoms with Gasteiger partial charge < -0.3 is 9.58 Å². The van der Waals surface area contributed by atoms with E-state index in [0.29, 0.717) is 17.3 Å². The number of rotatable bonds is 2. The Hall–Kier alpha value is -1.20. The minimum atomic E-state index is 0.365. The maximum atomic E-state index is 6.66. The Morgan fingerprint density at radius 2 is 2.33 bits per heavy atom. The summed E-state index contributed by atoms with van der Waals surface area (Å²) in [6.45, 7) is 7.02. The molecular formula is C9H8ClNO. The van der Waals surface area contributed by atoms with Crippen molar-refractivity contribution in [2.24, 2.45) is 0 Å². The minimum Gasteiger partial charge on any atom is -0.495 e. The molecule has 12 heavy (non-hydrogen) atoms. The highest BCUT2D eigenvalue weighted by molar-refractivity contribution is 6.32. The fraction of sp³-hybridized carbons (Fsp3) is 0.222. The van der Waals surface area contributed by atoms with E-state index < -0.39 is 0 Å². The summed E-state index contributed by atoms with van der Waals surface area (Å²) in [7, 11) is 1.57. The predicted molar refractivity (Wildman–Crippen MR) is 48.3 cm³/mol. The van der Waals surface area contributed by atoms with Crippen LogP contribution in [0.3, 0.4) is 0 Å². The van der Waals surface area contributed by atoms with Crippen molar-refractivity contribution in [2.45, 2.75) is 6.54 Å². The fourth-order valence-corrected chi connectivity index (χ4v) is 1.18. The van der Waals surface area contributed by atoms with E-state index >= 15 is 0 Å². The summed E-state index contributed by atoms with van der Waals surface area (Å²) < 4.78 is 4.97. The first-order valence-electron chi connectivity index (χ1n) is 3.43. The van der Waals surface area contributed by atoms with Gasteiger partial charge in [0, 0.05) is 5.56 Å². The van der Waals surface area contributed by atoms with E-state index in [1.807, 2.05) is 6.07 Å². The zero-order valence-corrected chi connectivity index (χ0v) is 7.43. The Kier molecular flexibility index (Phi) is 2.95. The van der Waals surface area contributed by atoms with Crippen LogP contribution in [-0.4, -0.2) is 7.11 Å². The lowest BCUT2D eigenvalue weighted by Gasteiger charge is -2.01. The molecule has 0 fully saturated rings. The molecule has 0 aromatic heterocycles. The van der Waals surface area contributed by atoms with Crippen molar-refractivity contribution in [2.75, 3.05) is 7.11 Å². The molecule has 0 saturated carbocycles. The summed E-state index contributed by atoms with van der Waals surface area (Å²) in [5, 5.41) is 0.554. The van der Waals surface area contributed by atoms with Gasteiger partial charge in [-0.25, -0.2) is 6.57 Å². The Morgan fingerprint density at radius 1 is 1.58 bits per heavy atom. The molecule has 0 atom stereocenters. The van der Waals surface area contributed by atoms with Crippen LogP contribution in [0, 0.1) is 6.57 Å². The van der Waals surface area contributed by atoms with Crippen molar-refractivity contribution in [3.05, 3.63) is 40.2 Å². The molecule has 0 saturated heterocycles. The highest BCUT2D eigenvalue weighted by Gasteiger charge is 2.02. The van der Waals surface area contributed by atoms with E-state index in [-0.39, 0.29) is 0 Å². The molecule has 0 bridgehead atoms. The van der Waals surface area contributed by atoms with Crippen molar-refractivity contribution in [1.29, 1.82) is 0 Å². The van der Waals surface area contributed by atoms with Gasteiger partial charge in [-0.05, 0) is 18.2 Å². The van der Waals surface area contributed by atoms with Gasteiger partial charge in [-0.3, -0.25) is 0 Å². The molecule has 0 spiro atoms. The van der Waals surface area contributed by atoms with Gasteiger partial charge in [-0.15, -0.1) is 0 Å². The zero-order chi connectivity index (χ0) is 8.97. The molecule has 0 radical (unpaired) electrons. The van der Waals surface area contributed by atoms with E-state index in [1.165, 1.54) is 0 Å². The third-order valence-electron chi connectivity index (χ3n) is 1.48. The van der Waals surface area contributed by atoms with Crippen LogP contribution in [-0.2, 0) is 6.54 Å². The maximum absolute atomic E-state index is 6.66. The summed E-state index contributed by atoms with van der Waals surface area (Å²) in [5.41, 5.74) is 0.913. The van der Waals surface area contributed by atoms with E-state index in [4.69, 9.17) is 22.9 Å². The SMILES string of the molecule is [C-]#[N+]Cc1ccc(OC)c(Cl)c1. The molecule has 2 nitrogen and oxygen atoms in total. The van der Waals surface area contributed by atoms with Crippen molar-refractivity contribution in [3.63, 3.8) is 0 Å². The zero-order valence-electron chi connectivity index (χ0n) is 6.67. The second kappa shape index (κ2) is 3.99. The number of nitrogens with zero attached hydrogens (tertiary/aromatic N) is 1. The van der Waals surface area contributed by atoms with Gasteiger partial charge in [0.1, 0.15) is 5.75 Å². The molecule has 3 heteroatoms. The van der Waals surface area contributed by atoms with Crippen LogP contribution < -0.4 is 4.74 Å². The van der Waals surface area contributed by atoms with Crippen molar-refractivity contribution < 1.29 is 4.74 Å². The van der Waals surface area contributed by atoms with Crippen molar-refractivity contribution >= 4 is 11.6 Å². The van der Waals surface area contributed by atoms with Crippen LogP contribution in [0.25, 0.3) is 4.85 Å². The lowest BCUT2D eigenvalue weighted by atomic mass is 10.2. The average molecular weight is 182 g/mol. The number of ether oxygens (including phenoxy) is 1. The second-order valence-electron chi connectivity index (χ2n) is 2.29. The van der Waals surface area contributed by atoms with Gasteiger partial charge in [0.2, 0.25) is 6.54 Å². The predicted octanol–water partition coefficient (Wildman–Crippen LogP) is 2.77. The Bertz CT molecular complexity index is 317. The smallest absolute Gasteiger partial charge is 0.239 e. The van der Waals surface area contributed by atoms with Crippen LogP contribution in [0.15, 0.2) is 18.2 Å². The Labute approximate surface area is 76.5 Å². The van der Waals surface area contributed by atoms with Gasteiger partial charge in [-0.1, -0.05) is 11.6 Å². The molecule has 0 aliphatic heterocycles. The quantitative estimate of drug-likeness (QED) is 0.640. The van der Waals surface area contributed by atoms with Crippen molar-refractivity contribution in [3.8, 4) is 5.75 Å². The van der Waals surface area contributed by atoms with E-state index in [2.05, 4.69) is 4.85 Å². The third kappa shape index (κ3) is 1.90. The molecule has 1 rings (SSSR count). The first kappa shape index (κ1) is 8.89. The molecule has 0 aliphatic rings. The fourth-order valence-electron chi connectivity index (χ4n) is 0.900. The largest absolute Gasteiger partial charge is 0.495 e. The third-order valence-corrected chi connectivity index (χ3v) is 1.77. The highest BCUT2D eigenvalue weighted by atomic mass is 35.5. The van der Waals surface area contributed by atoms with Crippen LogP contribution in [0.1, 0.15) is 5.56 Å². The summed E-state index contributed by atoms with van der Waals surface area (Å²) in [6, 6.07) is 5.35. The lowest BCUT2D eigenvalue weighted by Crippen LogP contribution is -1.85. The van der Waals surface area contributed by atoms with Gasteiger partial charge in [0.25, 0.3) is 0 Å². The first-order valence-corrected chi connectivity index (χ1v) is 3.81. The second-order valence-corrected chi connectivity index (χ2v) is 2.69. The standard InChI is InChI=1S/C9H8ClNO/c1-11-6-7-3-4-9(12-2)8(10)5-7/h3-5H,6H2,2H3. The van der Waals surface area contributed by atoms with Crippen LogP contribution in [0.4, 0.5) is 0 Å². The molecule has 1 aromatic rings. The number of methoxy groups -OCH3 is 1. The van der Waals surface area contributed by atoms with E-state index in [1.54, 1.807) is 19.2 Å². The van der Waals surface area contributed by atoms with E-state index in [9.17, 15) is 0 Å². The van der Waals surface area contributed by atoms with E-state index in [0.717, 1.165) is 5.56 Å². The molecular weight excluding hydrogens is 174 g/mol. The van der Waals surface area contributed by atoms with Crippen molar-refractivity contribution in [1.82, 2.24) is 0 Å². The number of hydrogen-bond donors (Lipinski definition) is 0. The highest BCUT2D eigenvalue weighted by Crippen LogP contribution is 2.24. The maximum Gasteiger partial charge on any atom is 0.239 e. The summed E-state index contributed by atoms with van der Waals surface area (Å²) in [4.78, 5) is 3.25. The monoisotopic (exact) mass is 181 g/mol. The first-order chi connectivity index (χ1) is 5.77. The lowest BCUT2D eigenvalue weighted by molar-refractivity contribution is 0.415. The molecule has 0 amide bonds. The summed E-state index contributed by atoms with van der Waals surface area (Å²) in [6.07, 6.45) is 0. The average Bonchev–Trinajstić information content (AvgIpc) is 2.05. The molecule has 62 valence electrons. The van der Waals surface area contributed by atoms with Crippen LogP contribution >= 0.6 is 11.6 Å². The van der Waals surface area contributed by atoms with Gasteiger partial charge in [-0.2, -0.15) is 0 Å². The number of halogens is 1.